The quantitative estimate of drug-likeness (QED) is 0.857. The lowest BCUT2D eigenvalue weighted by Crippen LogP contribution is -2.25. The van der Waals surface area contributed by atoms with E-state index in [2.05, 4.69) is 0 Å². The van der Waals surface area contributed by atoms with E-state index in [1.54, 1.807) is 0 Å². The first-order valence-corrected chi connectivity index (χ1v) is 7.10. The second kappa shape index (κ2) is 6.35. The van der Waals surface area contributed by atoms with Crippen LogP contribution in [0.15, 0.2) is 24.3 Å². The first kappa shape index (κ1) is 13.6. The smallest absolute Gasteiger partial charge is 0.0817 e. The number of hydrogen-bond donors (Lipinski definition) is 2. The first-order valence-electron chi connectivity index (χ1n) is 7.10. The first-order chi connectivity index (χ1) is 8.68. The molecule has 0 aliphatic heterocycles. The van der Waals surface area contributed by atoms with Gasteiger partial charge in [-0.1, -0.05) is 43.5 Å². The maximum Gasteiger partial charge on any atom is 0.0817 e. The number of rotatable bonds is 4. The Labute approximate surface area is 110 Å². The fourth-order valence-corrected chi connectivity index (χ4v) is 3.03. The van der Waals surface area contributed by atoms with Crippen molar-refractivity contribution in [3.63, 3.8) is 0 Å². The standard InChI is InChI=1S/C16H24O2/c1-12-7-5-6-10-14(12)16(18)11-15(17)13-8-3-2-4-9-13/h5-7,10,13,15-18H,2-4,8-9,11H2,1H3. The summed E-state index contributed by atoms with van der Waals surface area (Å²) in [5.41, 5.74) is 2.05. The van der Waals surface area contributed by atoms with Crippen LogP contribution in [0.5, 0.6) is 0 Å². The van der Waals surface area contributed by atoms with Crippen molar-refractivity contribution in [2.45, 2.75) is 57.7 Å². The van der Waals surface area contributed by atoms with Gasteiger partial charge in [-0.05, 0) is 36.8 Å². The summed E-state index contributed by atoms with van der Waals surface area (Å²) in [6.07, 6.45) is 5.54. The van der Waals surface area contributed by atoms with E-state index in [1.807, 2.05) is 31.2 Å². The summed E-state index contributed by atoms with van der Waals surface area (Å²) in [6, 6.07) is 7.88. The van der Waals surface area contributed by atoms with Crippen LogP contribution in [0.1, 0.15) is 55.8 Å². The highest BCUT2D eigenvalue weighted by Crippen LogP contribution is 2.31. The van der Waals surface area contributed by atoms with Gasteiger partial charge in [-0.25, -0.2) is 0 Å². The molecule has 0 aromatic heterocycles. The largest absolute Gasteiger partial charge is 0.393 e. The highest BCUT2D eigenvalue weighted by atomic mass is 16.3. The summed E-state index contributed by atoms with van der Waals surface area (Å²) < 4.78 is 0. The number of benzene rings is 1. The molecular weight excluding hydrogens is 224 g/mol. The Balaban J connectivity index is 1.94. The van der Waals surface area contributed by atoms with E-state index in [1.165, 1.54) is 19.3 Å². The summed E-state index contributed by atoms with van der Waals surface area (Å²) in [4.78, 5) is 0. The molecule has 2 rings (SSSR count). The van der Waals surface area contributed by atoms with Crippen LogP contribution < -0.4 is 0 Å². The third-order valence-corrected chi connectivity index (χ3v) is 4.21. The minimum absolute atomic E-state index is 0.361. The van der Waals surface area contributed by atoms with Gasteiger partial charge in [-0.3, -0.25) is 0 Å². The Bertz CT molecular complexity index is 369. The van der Waals surface area contributed by atoms with Gasteiger partial charge in [0, 0.05) is 6.42 Å². The second-order valence-electron chi connectivity index (χ2n) is 5.57. The van der Waals surface area contributed by atoms with Crippen LogP contribution in [0.2, 0.25) is 0 Å². The second-order valence-corrected chi connectivity index (χ2v) is 5.57. The monoisotopic (exact) mass is 248 g/mol. The van der Waals surface area contributed by atoms with Crippen molar-refractivity contribution in [2.75, 3.05) is 0 Å². The SMILES string of the molecule is Cc1ccccc1C(O)CC(O)C1CCCCC1. The van der Waals surface area contributed by atoms with Gasteiger partial charge in [0.15, 0.2) is 0 Å². The molecule has 0 saturated heterocycles. The molecule has 0 amide bonds. The van der Waals surface area contributed by atoms with Crippen LogP contribution in [0, 0.1) is 12.8 Å². The zero-order chi connectivity index (χ0) is 13.0. The van der Waals surface area contributed by atoms with Crippen molar-refractivity contribution in [3.8, 4) is 0 Å². The van der Waals surface area contributed by atoms with Crippen LogP contribution in [0.25, 0.3) is 0 Å². The summed E-state index contributed by atoms with van der Waals surface area (Å²) in [6.45, 7) is 2.01. The summed E-state index contributed by atoms with van der Waals surface area (Å²) in [7, 11) is 0. The predicted molar refractivity (Wildman–Crippen MR) is 73.3 cm³/mol. The Kier molecular flexibility index (Phi) is 4.79. The molecule has 1 aliphatic carbocycles. The zero-order valence-electron chi connectivity index (χ0n) is 11.2. The molecule has 0 spiro atoms. The lowest BCUT2D eigenvalue weighted by molar-refractivity contribution is 0.0302. The number of aliphatic hydroxyl groups is 2. The van der Waals surface area contributed by atoms with Crippen LogP contribution in [-0.2, 0) is 0 Å². The fraction of sp³-hybridized carbons (Fsp3) is 0.625. The van der Waals surface area contributed by atoms with E-state index in [-0.39, 0.29) is 6.10 Å². The van der Waals surface area contributed by atoms with Crippen molar-refractivity contribution in [1.29, 1.82) is 0 Å². The lowest BCUT2D eigenvalue weighted by Gasteiger charge is -2.28. The average Bonchev–Trinajstić information content (AvgIpc) is 2.40. The van der Waals surface area contributed by atoms with Crippen LogP contribution in [0.3, 0.4) is 0 Å². The van der Waals surface area contributed by atoms with Crippen molar-refractivity contribution >= 4 is 0 Å². The van der Waals surface area contributed by atoms with Gasteiger partial charge in [0.2, 0.25) is 0 Å². The summed E-state index contributed by atoms with van der Waals surface area (Å²) in [5, 5.41) is 20.5. The molecule has 1 fully saturated rings. The number of hydrogen-bond acceptors (Lipinski definition) is 2. The van der Waals surface area contributed by atoms with E-state index >= 15 is 0 Å². The van der Waals surface area contributed by atoms with Crippen molar-refractivity contribution < 1.29 is 10.2 Å². The maximum absolute atomic E-state index is 10.2. The Hall–Kier alpha value is -0.860. The minimum Gasteiger partial charge on any atom is -0.393 e. The molecular formula is C16H24O2. The van der Waals surface area contributed by atoms with Crippen LogP contribution in [-0.4, -0.2) is 16.3 Å². The third kappa shape index (κ3) is 3.33. The molecule has 1 aromatic rings. The third-order valence-electron chi connectivity index (χ3n) is 4.21. The number of aryl methyl sites for hydroxylation is 1. The molecule has 0 radical (unpaired) electrons. The molecule has 1 saturated carbocycles. The van der Waals surface area contributed by atoms with Gasteiger partial charge in [0.25, 0.3) is 0 Å². The molecule has 2 unspecified atom stereocenters. The molecule has 1 aliphatic rings. The Morgan fingerprint density at radius 1 is 1.11 bits per heavy atom. The van der Waals surface area contributed by atoms with Gasteiger partial charge in [-0.2, -0.15) is 0 Å². The van der Waals surface area contributed by atoms with E-state index in [4.69, 9.17) is 0 Å². The van der Waals surface area contributed by atoms with E-state index in [9.17, 15) is 10.2 Å². The molecule has 2 nitrogen and oxygen atoms in total. The summed E-state index contributed by atoms with van der Waals surface area (Å²) >= 11 is 0. The van der Waals surface area contributed by atoms with Crippen molar-refractivity contribution in [3.05, 3.63) is 35.4 Å². The Morgan fingerprint density at radius 3 is 2.44 bits per heavy atom. The van der Waals surface area contributed by atoms with Crippen molar-refractivity contribution in [2.24, 2.45) is 5.92 Å². The molecule has 2 atom stereocenters. The normalized spacial score (nSPS) is 20.6. The minimum atomic E-state index is -0.539. The lowest BCUT2D eigenvalue weighted by atomic mass is 9.82. The van der Waals surface area contributed by atoms with Gasteiger partial charge < -0.3 is 10.2 Å². The zero-order valence-corrected chi connectivity index (χ0v) is 11.2. The van der Waals surface area contributed by atoms with E-state index in [0.29, 0.717) is 12.3 Å². The molecule has 0 heterocycles. The van der Waals surface area contributed by atoms with Crippen LogP contribution in [0.4, 0.5) is 0 Å². The fourth-order valence-electron chi connectivity index (χ4n) is 3.03. The average molecular weight is 248 g/mol. The van der Waals surface area contributed by atoms with Gasteiger partial charge in [0.1, 0.15) is 0 Å². The molecule has 2 heteroatoms. The molecule has 2 N–H and O–H groups in total. The van der Waals surface area contributed by atoms with E-state index < -0.39 is 6.10 Å². The van der Waals surface area contributed by atoms with Gasteiger partial charge in [0.05, 0.1) is 12.2 Å². The molecule has 1 aromatic carbocycles. The van der Waals surface area contributed by atoms with Gasteiger partial charge in [-0.15, -0.1) is 0 Å². The highest BCUT2D eigenvalue weighted by Gasteiger charge is 2.24. The predicted octanol–water partition coefficient (Wildman–Crippen LogP) is 3.36. The highest BCUT2D eigenvalue weighted by molar-refractivity contribution is 5.27. The van der Waals surface area contributed by atoms with Gasteiger partial charge >= 0.3 is 0 Å². The molecule has 100 valence electrons. The van der Waals surface area contributed by atoms with Crippen LogP contribution >= 0.6 is 0 Å². The maximum atomic E-state index is 10.2. The molecule has 0 bridgehead atoms. The Morgan fingerprint density at radius 2 is 1.78 bits per heavy atom. The van der Waals surface area contributed by atoms with Crippen molar-refractivity contribution in [1.82, 2.24) is 0 Å². The topological polar surface area (TPSA) is 40.5 Å². The molecule has 18 heavy (non-hydrogen) atoms. The summed E-state index contributed by atoms with van der Waals surface area (Å²) in [5.74, 6) is 0.386. The number of aliphatic hydroxyl groups excluding tert-OH is 2. The van der Waals surface area contributed by atoms with E-state index in [0.717, 1.165) is 24.0 Å².